The van der Waals surface area contributed by atoms with E-state index in [-0.39, 0.29) is 0 Å². The molecule has 4 heterocycles. The van der Waals surface area contributed by atoms with Crippen LogP contribution in [0.1, 0.15) is 5.56 Å². The first-order valence-corrected chi connectivity index (χ1v) is 8.26. The van der Waals surface area contributed by atoms with Crippen molar-refractivity contribution in [2.24, 2.45) is 10.7 Å². The van der Waals surface area contributed by atoms with Gasteiger partial charge < -0.3 is 5.73 Å². The number of pyridine rings is 1. The van der Waals surface area contributed by atoms with Crippen LogP contribution in [-0.4, -0.2) is 52.2 Å². The van der Waals surface area contributed by atoms with Gasteiger partial charge in [-0.3, -0.25) is 4.68 Å². The molecule has 2 N–H and O–H groups in total. The third-order valence-electron chi connectivity index (χ3n) is 3.85. The van der Waals surface area contributed by atoms with Crippen molar-refractivity contribution in [1.29, 1.82) is 0 Å². The summed E-state index contributed by atoms with van der Waals surface area (Å²) in [5.74, 6) is 0.470. The Labute approximate surface area is 160 Å². The van der Waals surface area contributed by atoms with Crippen LogP contribution in [0.4, 0.5) is 19.0 Å². The number of aliphatic imine (C=N–C) groups is 1. The van der Waals surface area contributed by atoms with Crippen LogP contribution >= 0.6 is 0 Å². The van der Waals surface area contributed by atoms with Gasteiger partial charge in [-0.25, -0.2) is 24.6 Å². The molecule has 0 unspecified atom stereocenters. The van der Waals surface area contributed by atoms with Crippen LogP contribution in [0.2, 0.25) is 0 Å². The topological polar surface area (TPSA) is 126 Å². The molecule has 0 spiro atoms. The summed E-state index contributed by atoms with van der Waals surface area (Å²) in [5.41, 5.74) is 7.51. The largest absolute Gasteiger partial charge is 0.408 e. The zero-order chi connectivity index (χ0) is 20.4. The van der Waals surface area contributed by atoms with Crippen molar-refractivity contribution in [3.05, 3.63) is 42.5 Å². The van der Waals surface area contributed by atoms with E-state index in [2.05, 4.69) is 35.4 Å². The molecule has 0 aliphatic rings. The van der Waals surface area contributed by atoms with Crippen LogP contribution in [0.5, 0.6) is 0 Å². The smallest absolute Gasteiger partial charge is 0.390 e. The highest BCUT2D eigenvalue weighted by molar-refractivity contribution is 5.69. The zero-order valence-electron chi connectivity index (χ0n) is 14.7. The Morgan fingerprint density at radius 1 is 1.14 bits per heavy atom. The molecule has 0 aliphatic carbocycles. The zero-order valence-corrected chi connectivity index (χ0v) is 14.7. The van der Waals surface area contributed by atoms with E-state index in [1.807, 2.05) is 0 Å². The molecule has 4 aromatic heterocycles. The van der Waals surface area contributed by atoms with Crippen LogP contribution in [0, 0.1) is 0 Å². The number of fused-ring (bicyclic) bond motifs is 1. The normalized spacial score (nSPS) is 12.2. The fraction of sp³-hybridized carbons (Fsp3) is 0.188. The van der Waals surface area contributed by atoms with Crippen molar-refractivity contribution < 1.29 is 13.2 Å². The molecule has 0 saturated heterocycles. The molecule has 0 aromatic carbocycles. The highest BCUT2D eigenvalue weighted by Gasteiger charge is 2.28. The molecule has 0 radical (unpaired) electrons. The summed E-state index contributed by atoms with van der Waals surface area (Å²) in [7, 11) is 0. The maximum absolute atomic E-state index is 12.5. The first kappa shape index (κ1) is 18.5. The monoisotopic (exact) mass is 402 g/mol. The van der Waals surface area contributed by atoms with Gasteiger partial charge in [-0.2, -0.15) is 18.3 Å². The van der Waals surface area contributed by atoms with Crippen molar-refractivity contribution in [2.75, 3.05) is 0 Å². The number of hydrogen-bond acceptors (Lipinski definition) is 7. The summed E-state index contributed by atoms with van der Waals surface area (Å²) < 4.78 is 39.9. The SMILES string of the molecule is NC=Nc1ccc(Cn2nnc3ncc(-c4cnn(CC(F)(F)F)c4)nc32)cn1. The Hall–Kier alpha value is -3.90. The molecule has 0 saturated carbocycles. The van der Waals surface area contributed by atoms with E-state index in [0.717, 1.165) is 16.6 Å². The Kier molecular flexibility index (Phi) is 4.62. The van der Waals surface area contributed by atoms with Gasteiger partial charge in [0.2, 0.25) is 5.65 Å². The lowest BCUT2D eigenvalue weighted by atomic mass is 10.2. The van der Waals surface area contributed by atoms with Crippen LogP contribution in [0.3, 0.4) is 0 Å². The third kappa shape index (κ3) is 4.17. The molecule has 0 aliphatic heterocycles. The standard InChI is InChI=1S/C16H13F3N10/c17-16(18,19)8-28-7-11(4-24-28)12-5-22-14-15(25-12)29(27-26-14)6-10-1-2-13(21-3-10)23-9-20/h1-5,7,9H,6,8H2,(H2,20,21,23). The van der Waals surface area contributed by atoms with Gasteiger partial charge in [0, 0.05) is 18.0 Å². The lowest BCUT2D eigenvalue weighted by Gasteiger charge is -2.05. The first-order valence-electron chi connectivity index (χ1n) is 8.26. The van der Waals surface area contributed by atoms with Gasteiger partial charge in [-0.1, -0.05) is 11.3 Å². The van der Waals surface area contributed by atoms with Crippen LogP contribution in [0.15, 0.2) is 41.9 Å². The van der Waals surface area contributed by atoms with Gasteiger partial charge in [0.25, 0.3) is 0 Å². The third-order valence-corrected chi connectivity index (χ3v) is 3.85. The van der Waals surface area contributed by atoms with Crippen LogP contribution in [-0.2, 0) is 13.1 Å². The van der Waals surface area contributed by atoms with Gasteiger partial charge in [0.1, 0.15) is 6.54 Å². The van der Waals surface area contributed by atoms with E-state index in [1.54, 1.807) is 18.3 Å². The second kappa shape index (κ2) is 7.26. The number of rotatable bonds is 5. The lowest BCUT2D eigenvalue weighted by molar-refractivity contribution is -0.142. The molecule has 0 bridgehead atoms. The molecule has 4 rings (SSSR count). The number of alkyl halides is 3. The quantitative estimate of drug-likeness (QED) is 0.398. The van der Waals surface area contributed by atoms with E-state index >= 15 is 0 Å². The summed E-state index contributed by atoms with van der Waals surface area (Å²) >= 11 is 0. The predicted octanol–water partition coefficient (Wildman–Crippen LogP) is 1.71. The maximum Gasteiger partial charge on any atom is 0.408 e. The van der Waals surface area contributed by atoms with Gasteiger partial charge in [-0.15, -0.1) is 5.10 Å². The molecule has 148 valence electrons. The number of hydrogen-bond donors (Lipinski definition) is 1. The first-order chi connectivity index (χ1) is 13.9. The fourth-order valence-electron chi connectivity index (χ4n) is 2.60. The molecule has 0 amide bonds. The van der Waals surface area contributed by atoms with E-state index in [0.29, 0.717) is 34.9 Å². The molecular formula is C16H13F3N10. The number of aromatic nitrogens is 8. The Morgan fingerprint density at radius 3 is 2.72 bits per heavy atom. The molecule has 0 atom stereocenters. The number of halogens is 3. The maximum atomic E-state index is 12.5. The van der Waals surface area contributed by atoms with E-state index in [9.17, 15) is 13.2 Å². The Bertz CT molecular complexity index is 1160. The van der Waals surface area contributed by atoms with Crippen molar-refractivity contribution in [2.45, 2.75) is 19.3 Å². The van der Waals surface area contributed by atoms with Crippen molar-refractivity contribution in [1.82, 2.24) is 39.7 Å². The molecule has 4 aromatic rings. The van der Waals surface area contributed by atoms with Gasteiger partial charge in [-0.05, 0) is 11.6 Å². The fourth-order valence-corrected chi connectivity index (χ4v) is 2.60. The van der Waals surface area contributed by atoms with Crippen molar-refractivity contribution >= 4 is 23.5 Å². The molecule has 13 heteroatoms. The summed E-state index contributed by atoms with van der Waals surface area (Å²) in [5, 5.41) is 11.7. The summed E-state index contributed by atoms with van der Waals surface area (Å²) in [6, 6.07) is 3.51. The minimum Gasteiger partial charge on any atom is -0.390 e. The molecule has 29 heavy (non-hydrogen) atoms. The minimum absolute atomic E-state index is 0.314. The Balaban J connectivity index is 1.61. The van der Waals surface area contributed by atoms with E-state index in [4.69, 9.17) is 5.73 Å². The van der Waals surface area contributed by atoms with Gasteiger partial charge >= 0.3 is 6.18 Å². The second-order valence-corrected chi connectivity index (χ2v) is 5.99. The Morgan fingerprint density at radius 2 is 2.00 bits per heavy atom. The van der Waals surface area contributed by atoms with Crippen LogP contribution < -0.4 is 5.73 Å². The summed E-state index contributed by atoms with van der Waals surface area (Å²) in [6.07, 6.45) is 2.39. The van der Waals surface area contributed by atoms with E-state index in [1.165, 1.54) is 23.3 Å². The van der Waals surface area contributed by atoms with Crippen LogP contribution in [0.25, 0.3) is 22.6 Å². The molecule has 10 nitrogen and oxygen atoms in total. The molecule has 0 fully saturated rings. The van der Waals surface area contributed by atoms with Crippen molar-refractivity contribution in [3.63, 3.8) is 0 Å². The van der Waals surface area contributed by atoms with Gasteiger partial charge in [0.15, 0.2) is 11.5 Å². The average Bonchev–Trinajstić information content (AvgIpc) is 3.29. The second-order valence-electron chi connectivity index (χ2n) is 5.99. The predicted molar refractivity (Wildman–Crippen MR) is 96.1 cm³/mol. The molecular weight excluding hydrogens is 389 g/mol. The highest BCUT2D eigenvalue weighted by atomic mass is 19.4. The van der Waals surface area contributed by atoms with Crippen molar-refractivity contribution in [3.8, 4) is 11.3 Å². The number of nitrogens with zero attached hydrogens (tertiary/aromatic N) is 9. The summed E-state index contributed by atoms with van der Waals surface area (Å²) in [6.45, 7) is -0.860. The lowest BCUT2D eigenvalue weighted by Crippen LogP contribution is -2.17. The van der Waals surface area contributed by atoms with Gasteiger partial charge in [0.05, 0.1) is 31.0 Å². The summed E-state index contributed by atoms with van der Waals surface area (Å²) in [4.78, 5) is 16.6. The average molecular weight is 402 g/mol. The van der Waals surface area contributed by atoms with E-state index < -0.39 is 12.7 Å². The minimum atomic E-state index is -4.36. The number of nitrogens with two attached hydrogens (primary N) is 1. The highest BCUT2D eigenvalue weighted by Crippen LogP contribution is 2.21.